The molecule has 7 heteroatoms. The monoisotopic (exact) mass is 429 g/mol. The van der Waals surface area contributed by atoms with Crippen LogP contribution in [-0.2, 0) is 10.0 Å². The van der Waals surface area contributed by atoms with Crippen molar-refractivity contribution < 1.29 is 13.2 Å². The van der Waals surface area contributed by atoms with Crippen molar-refractivity contribution in [2.45, 2.75) is 56.8 Å². The number of hydrogen-bond acceptors (Lipinski definition) is 4. The van der Waals surface area contributed by atoms with Gasteiger partial charge in [-0.1, -0.05) is 31.4 Å². The molecule has 0 saturated heterocycles. The molecule has 2 aromatic carbocycles. The number of benzene rings is 2. The van der Waals surface area contributed by atoms with Crippen molar-refractivity contribution >= 4 is 21.6 Å². The topological polar surface area (TPSA) is 78.5 Å². The number of sulfonamides is 1. The first-order valence-corrected chi connectivity index (χ1v) is 12.2. The first-order valence-electron chi connectivity index (χ1n) is 10.7. The molecule has 0 aliphatic heterocycles. The zero-order valence-corrected chi connectivity index (χ0v) is 18.5. The van der Waals surface area contributed by atoms with Crippen LogP contribution in [0.15, 0.2) is 53.4 Å². The lowest BCUT2D eigenvalue weighted by molar-refractivity contribution is 0.0945. The van der Waals surface area contributed by atoms with Crippen molar-refractivity contribution in [3.63, 3.8) is 0 Å². The smallest absolute Gasteiger partial charge is 0.266 e. The molecule has 30 heavy (non-hydrogen) atoms. The number of carbonyl (C=O) groups is 1. The second kappa shape index (κ2) is 10.1. The van der Waals surface area contributed by atoms with Crippen LogP contribution < -0.4 is 15.2 Å². The summed E-state index contributed by atoms with van der Waals surface area (Å²) in [5.41, 5.74) is 4.90. The number of nitrogens with one attached hydrogen (secondary N) is 2. The summed E-state index contributed by atoms with van der Waals surface area (Å²) in [7, 11) is -3.83. The van der Waals surface area contributed by atoms with E-state index in [2.05, 4.69) is 29.0 Å². The average Bonchev–Trinajstić information content (AvgIpc) is 2.79. The third-order valence-corrected chi connectivity index (χ3v) is 7.09. The maximum absolute atomic E-state index is 12.5. The van der Waals surface area contributed by atoms with Crippen LogP contribution in [0, 0.1) is 0 Å². The van der Waals surface area contributed by atoms with E-state index in [0.717, 1.165) is 31.6 Å². The van der Waals surface area contributed by atoms with Gasteiger partial charge in [0.15, 0.2) is 0 Å². The highest BCUT2D eigenvalue weighted by molar-refractivity contribution is 7.89. The fraction of sp³-hybridized carbons (Fsp3) is 0.435. The highest BCUT2D eigenvalue weighted by Gasteiger charge is 2.19. The van der Waals surface area contributed by atoms with Crippen molar-refractivity contribution in [1.29, 1.82) is 0 Å². The molecule has 0 bridgehead atoms. The Hall–Kier alpha value is -2.38. The number of rotatable bonds is 8. The predicted molar refractivity (Wildman–Crippen MR) is 120 cm³/mol. The molecule has 0 spiro atoms. The number of amides is 1. The minimum absolute atomic E-state index is 0.138. The van der Waals surface area contributed by atoms with Gasteiger partial charge in [-0.25, -0.2) is 8.42 Å². The maximum atomic E-state index is 12.5. The molecular formula is C23H31N3O3S. The van der Waals surface area contributed by atoms with Gasteiger partial charge in [0, 0.05) is 24.3 Å². The quantitative estimate of drug-likeness (QED) is 0.617. The van der Waals surface area contributed by atoms with Crippen LogP contribution in [0.2, 0.25) is 0 Å². The molecule has 1 aliphatic rings. The molecule has 3 rings (SSSR count). The Kier molecular flexibility index (Phi) is 7.50. The van der Waals surface area contributed by atoms with E-state index in [1.54, 1.807) is 24.3 Å². The van der Waals surface area contributed by atoms with Gasteiger partial charge in [-0.05, 0) is 74.6 Å². The van der Waals surface area contributed by atoms with Crippen LogP contribution in [0.4, 0.5) is 5.69 Å². The summed E-state index contributed by atoms with van der Waals surface area (Å²) in [6.45, 7) is 5.89. The Labute approximate surface area is 179 Å². The summed E-state index contributed by atoms with van der Waals surface area (Å²) in [5, 5.41) is 0. The molecule has 1 fully saturated rings. The van der Waals surface area contributed by atoms with E-state index in [9.17, 15) is 13.2 Å². The Morgan fingerprint density at radius 1 is 0.933 bits per heavy atom. The highest BCUT2D eigenvalue weighted by Crippen LogP contribution is 2.32. The third-order valence-electron chi connectivity index (χ3n) is 5.82. The van der Waals surface area contributed by atoms with Gasteiger partial charge in [0.2, 0.25) is 0 Å². The van der Waals surface area contributed by atoms with Gasteiger partial charge in [-0.3, -0.25) is 10.2 Å². The lowest BCUT2D eigenvalue weighted by Gasteiger charge is -2.22. The minimum Gasteiger partial charge on any atom is -0.372 e. The Balaban J connectivity index is 1.60. The van der Waals surface area contributed by atoms with Crippen molar-refractivity contribution in [2.24, 2.45) is 0 Å². The molecule has 162 valence electrons. The molecule has 1 saturated carbocycles. The predicted octanol–water partition coefficient (Wildman–Crippen LogP) is 4.20. The molecule has 6 nitrogen and oxygen atoms in total. The fourth-order valence-corrected chi connectivity index (χ4v) is 4.85. The van der Waals surface area contributed by atoms with Crippen LogP contribution in [0.5, 0.6) is 0 Å². The van der Waals surface area contributed by atoms with Crippen LogP contribution in [-0.4, -0.2) is 27.4 Å². The maximum Gasteiger partial charge on any atom is 0.266 e. The molecule has 1 amide bonds. The van der Waals surface area contributed by atoms with E-state index < -0.39 is 15.9 Å². The minimum atomic E-state index is -3.83. The molecule has 0 heterocycles. The second-order valence-electron chi connectivity index (χ2n) is 7.68. The van der Waals surface area contributed by atoms with Crippen molar-refractivity contribution in [2.75, 3.05) is 18.0 Å². The van der Waals surface area contributed by atoms with Crippen molar-refractivity contribution in [1.82, 2.24) is 10.3 Å². The van der Waals surface area contributed by atoms with Gasteiger partial charge in [-0.15, -0.1) is 4.83 Å². The van der Waals surface area contributed by atoms with Gasteiger partial charge in [-0.2, -0.15) is 0 Å². The van der Waals surface area contributed by atoms with E-state index in [1.165, 1.54) is 24.8 Å². The van der Waals surface area contributed by atoms with Gasteiger partial charge in [0.05, 0.1) is 4.90 Å². The van der Waals surface area contributed by atoms with Crippen LogP contribution in [0.25, 0.3) is 0 Å². The zero-order chi connectivity index (χ0) is 21.6. The first-order chi connectivity index (χ1) is 14.4. The number of carbonyl (C=O) groups excluding carboxylic acids is 1. The number of hydrazine groups is 1. The lowest BCUT2D eigenvalue weighted by atomic mass is 9.84. The molecule has 0 aromatic heterocycles. The summed E-state index contributed by atoms with van der Waals surface area (Å²) in [6, 6.07) is 14.1. The fourth-order valence-electron chi connectivity index (χ4n) is 4.01. The Morgan fingerprint density at radius 2 is 1.53 bits per heavy atom. The highest BCUT2D eigenvalue weighted by atomic mass is 32.2. The van der Waals surface area contributed by atoms with E-state index in [1.807, 2.05) is 24.3 Å². The van der Waals surface area contributed by atoms with E-state index in [4.69, 9.17) is 0 Å². The molecule has 0 atom stereocenters. The second-order valence-corrected chi connectivity index (χ2v) is 9.37. The third kappa shape index (κ3) is 5.40. The zero-order valence-electron chi connectivity index (χ0n) is 17.7. The Bertz CT molecular complexity index is 931. The van der Waals surface area contributed by atoms with Crippen LogP contribution >= 0.6 is 0 Å². The normalized spacial score (nSPS) is 15.0. The van der Waals surface area contributed by atoms with Crippen molar-refractivity contribution in [3.8, 4) is 0 Å². The summed E-state index contributed by atoms with van der Waals surface area (Å²) < 4.78 is 25.1. The lowest BCUT2D eigenvalue weighted by Crippen LogP contribution is -2.41. The van der Waals surface area contributed by atoms with Crippen LogP contribution in [0.3, 0.4) is 0 Å². The SMILES string of the molecule is CCN(CC)c1ccc(C(=O)NNS(=O)(=O)c2ccc(C3CCCCC3)cc2)cc1. The largest absolute Gasteiger partial charge is 0.372 e. The number of anilines is 1. The first kappa shape index (κ1) is 22.3. The average molecular weight is 430 g/mol. The number of hydrogen-bond donors (Lipinski definition) is 2. The number of nitrogens with zero attached hydrogens (tertiary/aromatic N) is 1. The van der Waals surface area contributed by atoms with Crippen molar-refractivity contribution in [3.05, 3.63) is 59.7 Å². The molecule has 2 N–H and O–H groups in total. The molecule has 2 aromatic rings. The van der Waals surface area contributed by atoms with Gasteiger partial charge in [0.1, 0.15) is 0 Å². The summed E-state index contributed by atoms with van der Waals surface area (Å²) >= 11 is 0. The van der Waals surface area contributed by atoms with E-state index in [0.29, 0.717) is 11.5 Å². The molecule has 0 unspecified atom stereocenters. The summed E-state index contributed by atoms with van der Waals surface area (Å²) in [4.78, 5) is 16.9. The van der Waals surface area contributed by atoms with Gasteiger partial charge < -0.3 is 4.90 Å². The molecule has 1 aliphatic carbocycles. The Morgan fingerprint density at radius 3 is 2.10 bits per heavy atom. The van der Waals surface area contributed by atoms with Crippen LogP contribution in [0.1, 0.15) is 67.8 Å². The van der Waals surface area contributed by atoms with Gasteiger partial charge in [0.25, 0.3) is 15.9 Å². The van der Waals surface area contributed by atoms with Gasteiger partial charge >= 0.3 is 0 Å². The summed E-state index contributed by atoms with van der Waals surface area (Å²) in [5.74, 6) is 0.0194. The van der Waals surface area contributed by atoms with E-state index >= 15 is 0 Å². The molecular weight excluding hydrogens is 398 g/mol. The molecule has 0 radical (unpaired) electrons. The standard InChI is InChI=1S/C23H31N3O3S/c1-3-26(4-2)21-14-10-20(11-15-21)23(27)24-25-30(28,29)22-16-12-19(13-17-22)18-8-6-5-7-9-18/h10-18,25H,3-9H2,1-2H3,(H,24,27). The summed E-state index contributed by atoms with van der Waals surface area (Å²) in [6.07, 6.45) is 6.06. The van der Waals surface area contributed by atoms with E-state index in [-0.39, 0.29) is 4.90 Å².